The summed E-state index contributed by atoms with van der Waals surface area (Å²) >= 11 is 0. The Morgan fingerprint density at radius 2 is 1.78 bits per heavy atom. The Morgan fingerprint density at radius 1 is 1.22 bits per heavy atom. The number of carboxylic acid groups (broad SMARTS) is 2. The van der Waals surface area contributed by atoms with E-state index in [0.29, 0.717) is 12.2 Å². The van der Waals surface area contributed by atoms with Crippen molar-refractivity contribution in [1.29, 1.82) is 0 Å². The Bertz CT molecular complexity index is 526. The normalized spacial score (nSPS) is 15.7. The van der Waals surface area contributed by atoms with E-state index in [9.17, 15) is 14.4 Å². The van der Waals surface area contributed by atoms with E-state index in [0.717, 1.165) is 25.9 Å². The molecule has 2 heterocycles. The van der Waals surface area contributed by atoms with E-state index in [2.05, 4.69) is 11.9 Å². The van der Waals surface area contributed by atoms with E-state index >= 15 is 0 Å². The molecule has 126 valence electrons. The van der Waals surface area contributed by atoms with Crippen LogP contribution in [0.15, 0.2) is 35.0 Å². The third-order valence-electron chi connectivity index (χ3n) is 3.03. The molecule has 0 atom stereocenters. The molecule has 2 rings (SSSR count). The zero-order valence-electron chi connectivity index (χ0n) is 12.7. The van der Waals surface area contributed by atoms with Crippen LogP contribution in [0, 0.1) is 0 Å². The molecule has 0 amide bonds. The van der Waals surface area contributed by atoms with Gasteiger partial charge < -0.3 is 24.3 Å². The summed E-state index contributed by atoms with van der Waals surface area (Å²) in [6, 6.07) is 3.31. The van der Waals surface area contributed by atoms with Gasteiger partial charge in [-0.3, -0.25) is 0 Å². The number of ether oxygens (including phenoxy) is 1. The fourth-order valence-electron chi connectivity index (χ4n) is 1.85. The molecular weight excluding hydrogens is 306 g/mol. The molecule has 1 aromatic heterocycles. The van der Waals surface area contributed by atoms with Crippen LogP contribution in [0.3, 0.4) is 0 Å². The van der Waals surface area contributed by atoms with Crippen molar-refractivity contribution in [3.05, 3.63) is 36.3 Å². The molecule has 2 N–H and O–H groups in total. The van der Waals surface area contributed by atoms with Crippen LogP contribution in [0.4, 0.5) is 0 Å². The predicted octanol–water partition coefficient (Wildman–Crippen LogP) is 1.24. The van der Waals surface area contributed by atoms with Gasteiger partial charge in [-0.1, -0.05) is 0 Å². The summed E-state index contributed by atoms with van der Waals surface area (Å²) in [5, 5.41) is 15.6. The van der Waals surface area contributed by atoms with E-state index in [-0.39, 0.29) is 17.8 Å². The summed E-state index contributed by atoms with van der Waals surface area (Å²) < 4.78 is 10.3. The summed E-state index contributed by atoms with van der Waals surface area (Å²) in [4.78, 5) is 32.9. The highest BCUT2D eigenvalue weighted by Crippen LogP contribution is 2.14. The number of carboxylic acids is 2. The van der Waals surface area contributed by atoms with Gasteiger partial charge in [0.05, 0.1) is 6.26 Å². The minimum absolute atomic E-state index is 0.0406. The first kappa shape index (κ1) is 18.4. The molecule has 8 heteroatoms. The minimum Gasteiger partial charge on any atom is -0.478 e. The number of esters is 1. The van der Waals surface area contributed by atoms with Crippen LogP contribution in [-0.4, -0.2) is 59.3 Å². The number of rotatable bonds is 4. The number of hydrogen-bond donors (Lipinski definition) is 2. The van der Waals surface area contributed by atoms with Crippen LogP contribution in [0.25, 0.3) is 0 Å². The monoisotopic (exact) mass is 325 g/mol. The molecule has 1 fully saturated rings. The molecule has 0 aromatic carbocycles. The fourth-order valence-corrected chi connectivity index (χ4v) is 1.85. The van der Waals surface area contributed by atoms with Gasteiger partial charge in [0.15, 0.2) is 0 Å². The average molecular weight is 325 g/mol. The molecule has 23 heavy (non-hydrogen) atoms. The maximum Gasteiger partial charge on any atom is 0.374 e. The first-order chi connectivity index (χ1) is 10.9. The molecule has 1 aromatic rings. The number of furan rings is 1. The topological polar surface area (TPSA) is 117 Å². The first-order valence-electron chi connectivity index (χ1n) is 6.95. The minimum atomic E-state index is -1.26. The number of carbonyl (C=O) groups excluding carboxylic acids is 1. The van der Waals surface area contributed by atoms with Gasteiger partial charge in [0.2, 0.25) is 5.76 Å². The van der Waals surface area contributed by atoms with Crippen molar-refractivity contribution in [2.24, 2.45) is 0 Å². The summed E-state index contributed by atoms with van der Waals surface area (Å²) in [6.45, 7) is 1.96. The van der Waals surface area contributed by atoms with E-state index < -0.39 is 11.9 Å². The number of carbonyl (C=O) groups is 3. The van der Waals surface area contributed by atoms with Gasteiger partial charge in [0, 0.05) is 25.2 Å². The second kappa shape index (κ2) is 9.42. The van der Waals surface area contributed by atoms with Crippen molar-refractivity contribution in [3.63, 3.8) is 0 Å². The van der Waals surface area contributed by atoms with Crippen molar-refractivity contribution in [3.8, 4) is 0 Å². The van der Waals surface area contributed by atoms with Crippen LogP contribution in [0.5, 0.6) is 0 Å². The van der Waals surface area contributed by atoms with Crippen molar-refractivity contribution in [2.45, 2.75) is 18.9 Å². The van der Waals surface area contributed by atoms with Gasteiger partial charge in [0.25, 0.3) is 0 Å². The van der Waals surface area contributed by atoms with Crippen molar-refractivity contribution in [2.75, 3.05) is 20.1 Å². The molecule has 0 unspecified atom stereocenters. The largest absolute Gasteiger partial charge is 0.478 e. The highest BCUT2D eigenvalue weighted by Gasteiger charge is 2.21. The lowest BCUT2D eigenvalue weighted by atomic mass is 10.1. The predicted molar refractivity (Wildman–Crippen MR) is 79.1 cm³/mol. The Morgan fingerprint density at radius 3 is 2.22 bits per heavy atom. The molecule has 1 aliphatic heterocycles. The second-order valence-corrected chi connectivity index (χ2v) is 4.90. The molecular formula is C15H19NO7. The van der Waals surface area contributed by atoms with E-state index in [1.165, 1.54) is 6.26 Å². The van der Waals surface area contributed by atoms with Crippen LogP contribution < -0.4 is 0 Å². The Labute approximate surface area is 132 Å². The Kier molecular flexibility index (Phi) is 7.55. The van der Waals surface area contributed by atoms with E-state index in [1.54, 1.807) is 12.1 Å². The van der Waals surface area contributed by atoms with E-state index in [1.807, 2.05) is 0 Å². The highest BCUT2D eigenvalue weighted by molar-refractivity contribution is 5.89. The van der Waals surface area contributed by atoms with Crippen LogP contribution >= 0.6 is 0 Å². The maximum absolute atomic E-state index is 11.5. The summed E-state index contributed by atoms with van der Waals surface area (Å²) in [6.07, 6.45) is 4.45. The third-order valence-corrected chi connectivity index (χ3v) is 3.03. The van der Waals surface area contributed by atoms with Gasteiger partial charge in [-0.15, -0.1) is 0 Å². The van der Waals surface area contributed by atoms with Crippen molar-refractivity contribution in [1.82, 2.24) is 4.90 Å². The smallest absolute Gasteiger partial charge is 0.374 e. The van der Waals surface area contributed by atoms with Gasteiger partial charge in [-0.2, -0.15) is 0 Å². The number of aliphatic carboxylic acids is 2. The molecule has 1 aliphatic rings. The molecule has 0 aliphatic carbocycles. The lowest BCUT2D eigenvalue weighted by Crippen LogP contribution is -2.35. The number of likely N-dealkylation sites (tertiary alicyclic amines) is 1. The number of nitrogens with zero attached hydrogens (tertiary/aromatic N) is 1. The molecule has 1 saturated heterocycles. The van der Waals surface area contributed by atoms with Crippen molar-refractivity contribution >= 4 is 17.9 Å². The maximum atomic E-state index is 11.5. The molecule has 8 nitrogen and oxygen atoms in total. The Balaban J connectivity index is 0.000000284. The molecule has 0 saturated carbocycles. The molecule has 0 spiro atoms. The van der Waals surface area contributed by atoms with E-state index in [4.69, 9.17) is 19.4 Å². The van der Waals surface area contributed by atoms with Gasteiger partial charge in [0.1, 0.15) is 6.10 Å². The lowest BCUT2D eigenvalue weighted by molar-refractivity contribution is -0.134. The average Bonchev–Trinajstić information content (AvgIpc) is 3.02. The lowest BCUT2D eigenvalue weighted by Gasteiger charge is -2.28. The SMILES string of the molecule is CN1CCC(OC(=O)c2ccco2)CC1.O=C(O)/C=C/C(=O)O. The standard InChI is InChI=1S/C11H15NO3.C4H4O4/c1-12-6-4-9(5-7-12)15-11(13)10-3-2-8-14-10;5-3(6)1-2-4(7)8/h2-3,8-9H,4-7H2,1H3;1-2H,(H,5,6)(H,7,8)/b;2-1+. The summed E-state index contributed by atoms with van der Waals surface area (Å²) in [7, 11) is 2.07. The number of piperidine rings is 1. The quantitative estimate of drug-likeness (QED) is 0.627. The highest BCUT2D eigenvalue weighted by atomic mass is 16.6. The fraction of sp³-hybridized carbons (Fsp3) is 0.400. The molecule has 0 radical (unpaired) electrons. The van der Waals surface area contributed by atoms with Crippen LogP contribution in [0.2, 0.25) is 0 Å². The third kappa shape index (κ3) is 7.82. The summed E-state index contributed by atoms with van der Waals surface area (Å²) in [5.41, 5.74) is 0. The van der Waals surface area contributed by atoms with Gasteiger partial charge in [-0.25, -0.2) is 14.4 Å². The molecule has 0 bridgehead atoms. The zero-order valence-corrected chi connectivity index (χ0v) is 12.7. The van der Waals surface area contributed by atoms with Crippen LogP contribution in [-0.2, 0) is 14.3 Å². The zero-order chi connectivity index (χ0) is 17.2. The van der Waals surface area contributed by atoms with Gasteiger partial charge >= 0.3 is 17.9 Å². The summed E-state index contributed by atoms with van der Waals surface area (Å²) in [5.74, 6) is -2.58. The van der Waals surface area contributed by atoms with Gasteiger partial charge in [-0.05, 0) is 32.0 Å². The second-order valence-electron chi connectivity index (χ2n) is 4.90. The Hall–Kier alpha value is -2.61. The van der Waals surface area contributed by atoms with Crippen LogP contribution in [0.1, 0.15) is 23.4 Å². The number of hydrogen-bond acceptors (Lipinski definition) is 6. The first-order valence-corrected chi connectivity index (χ1v) is 6.95. The van der Waals surface area contributed by atoms with Crippen molar-refractivity contribution < 1.29 is 33.8 Å².